The van der Waals surface area contributed by atoms with Crippen LogP contribution in [0.1, 0.15) is 5.56 Å². The van der Waals surface area contributed by atoms with E-state index in [2.05, 4.69) is 4.98 Å². The Morgan fingerprint density at radius 3 is 2.64 bits per heavy atom. The minimum atomic E-state index is -3.85. The summed E-state index contributed by atoms with van der Waals surface area (Å²) in [6.07, 6.45) is 1.45. The molecule has 0 spiro atoms. The summed E-state index contributed by atoms with van der Waals surface area (Å²) in [5.41, 5.74) is 0.826. The number of carbonyl (C=O) groups is 1. The van der Waals surface area contributed by atoms with E-state index in [0.29, 0.717) is 5.75 Å². The SMILES string of the molecule is COc1ccc(CN2C(=O)NS(=O)(=O)c3cccnc32)cc1. The highest BCUT2D eigenvalue weighted by molar-refractivity contribution is 7.90. The number of ether oxygens (including phenoxy) is 1. The van der Waals surface area contributed by atoms with Crippen LogP contribution in [-0.2, 0) is 16.6 Å². The lowest BCUT2D eigenvalue weighted by Crippen LogP contribution is -2.47. The summed E-state index contributed by atoms with van der Waals surface area (Å²) in [6.45, 7) is 0.204. The van der Waals surface area contributed by atoms with E-state index in [0.717, 1.165) is 5.56 Å². The number of urea groups is 1. The highest BCUT2D eigenvalue weighted by Gasteiger charge is 2.34. The molecule has 0 fully saturated rings. The summed E-state index contributed by atoms with van der Waals surface area (Å²) in [5, 5.41) is 0. The zero-order valence-electron chi connectivity index (χ0n) is 11.7. The van der Waals surface area contributed by atoms with Crippen molar-refractivity contribution in [1.29, 1.82) is 0 Å². The Balaban J connectivity index is 1.97. The number of sulfonamides is 1. The minimum Gasteiger partial charge on any atom is -0.497 e. The normalized spacial score (nSPS) is 15.9. The van der Waals surface area contributed by atoms with Crippen molar-refractivity contribution < 1.29 is 17.9 Å². The third-order valence-corrected chi connectivity index (χ3v) is 4.60. The predicted octanol–water partition coefficient (Wildman–Crippen LogP) is 1.51. The molecule has 1 aliphatic heterocycles. The number of methoxy groups -OCH3 is 1. The number of amides is 2. The molecule has 2 aromatic rings. The quantitative estimate of drug-likeness (QED) is 0.926. The molecular weight excluding hydrogens is 306 g/mol. The summed E-state index contributed by atoms with van der Waals surface area (Å²) in [4.78, 5) is 17.4. The van der Waals surface area contributed by atoms with E-state index in [1.165, 1.54) is 23.2 Å². The second-order valence-corrected chi connectivity index (χ2v) is 6.32. The highest BCUT2D eigenvalue weighted by Crippen LogP contribution is 2.28. The van der Waals surface area contributed by atoms with Crippen molar-refractivity contribution in [2.24, 2.45) is 0 Å². The molecule has 8 heteroatoms. The molecule has 1 aliphatic rings. The first-order valence-corrected chi connectivity index (χ1v) is 7.92. The number of hydrogen-bond acceptors (Lipinski definition) is 5. The van der Waals surface area contributed by atoms with Gasteiger partial charge in [0.2, 0.25) is 0 Å². The van der Waals surface area contributed by atoms with Crippen molar-refractivity contribution >= 4 is 21.9 Å². The van der Waals surface area contributed by atoms with Crippen molar-refractivity contribution in [3.05, 3.63) is 48.2 Å². The third-order valence-electron chi connectivity index (χ3n) is 3.26. The Kier molecular flexibility index (Phi) is 3.45. The van der Waals surface area contributed by atoms with Gasteiger partial charge in [0.15, 0.2) is 5.82 Å². The van der Waals surface area contributed by atoms with Gasteiger partial charge in [0.25, 0.3) is 10.0 Å². The molecule has 0 bridgehead atoms. The number of pyridine rings is 1. The highest BCUT2D eigenvalue weighted by atomic mass is 32.2. The van der Waals surface area contributed by atoms with Gasteiger partial charge in [-0.05, 0) is 29.8 Å². The lowest BCUT2D eigenvalue weighted by molar-refractivity contribution is 0.250. The van der Waals surface area contributed by atoms with Crippen molar-refractivity contribution in [3.63, 3.8) is 0 Å². The van der Waals surface area contributed by atoms with Gasteiger partial charge >= 0.3 is 6.03 Å². The zero-order chi connectivity index (χ0) is 15.7. The van der Waals surface area contributed by atoms with Crippen molar-refractivity contribution in [3.8, 4) is 5.75 Å². The number of rotatable bonds is 3. The summed E-state index contributed by atoms with van der Waals surface area (Å²) in [6, 6.07) is 9.36. The number of aromatic nitrogens is 1. The average Bonchev–Trinajstić information content (AvgIpc) is 2.52. The number of carbonyl (C=O) groups excluding carboxylic acids is 1. The Labute approximate surface area is 127 Å². The molecule has 0 unspecified atom stereocenters. The maximum Gasteiger partial charge on any atom is 0.337 e. The zero-order valence-corrected chi connectivity index (χ0v) is 12.5. The summed E-state index contributed by atoms with van der Waals surface area (Å²) in [7, 11) is -2.28. The van der Waals surface area contributed by atoms with Crippen LogP contribution in [0.3, 0.4) is 0 Å². The Bertz CT molecular complexity index is 818. The van der Waals surface area contributed by atoms with Crippen LogP contribution in [0.2, 0.25) is 0 Å². The minimum absolute atomic E-state index is 0.0110. The van der Waals surface area contributed by atoms with Crippen LogP contribution >= 0.6 is 0 Å². The average molecular weight is 319 g/mol. The number of fused-ring (bicyclic) bond motifs is 1. The van der Waals surface area contributed by atoms with Gasteiger partial charge < -0.3 is 4.74 Å². The molecule has 2 amide bonds. The molecule has 0 atom stereocenters. The predicted molar refractivity (Wildman–Crippen MR) is 79.1 cm³/mol. The van der Waals surface area contributed by atoms with Crippen LogP contribution < -0.4 is 14.4 Å². The third kappa shape index (κ3) is 2.48. The monoisotopic (exact) mass is 319 g/mol. The molecule has 1 aromatic heterocycles. The first-order valence-electron chi connectivity index (χ1n) is 6.43. The van der Waals surface area contributed by atoms with Crippen LogP contribution in [0.15, 0.2) is 47.5 Å². The lowest BCUT2D eigenvalue weighted by atomic mass is 10.2. The summed E-state index contributed by atoms with van der Waals surface area (Å²) >= 11 is 0. The molecule has 1 N–H and O–H groups in total. The number of nitrogens with one attached hydrogen (secondary N) is 1. The van der Waals surface area contributed by atoms with E-state index in [9.17, 15) is 13.2 Å². The van der Waals surface area contributed by atoms with Gasteiger partial charge in [-0.25, -0.2) is 22.9 Å². The van der Waals surface area contributed by atoms with Gasteiger partial charge in [-0.1, -0.05) is 12.1 Å². The molecule has 0 radical (unpaired) electrons. The summed E-state index contributed by atoms with van der Waals surface area (Å²) in [5.74, 6) is 0.829. The van der Waals surface area contributed by atoms with Crippen LogP contribution in [-0.4, -0.2) is 26.5 Å². The molecule has 114 valence electrons. The number of anilines is 1. The fourth-order valence-electron chi connectivity index (χ4n) is 2.18. The van der Waals surface area contributed by atoms with Gasteiger partial charge in [-0.3, -0.25) is 4.90 Å². The molecule has 7 nitrogen and oxygen atoms in total. The first kappa shape index (κ1) is 14.3. The van der Waals surface area contributed by atoms with Gasteiger partial charge in [0, 0.05) is 6.20 Å². The van der Waals surface area contributed by atoms with Crippen LogP contribution in [0.4, 0.5) is 10.6 Å². The van der Waals surface area contributed by atoms with Crippen LogP contribution in [0.25, 0.3) is 0 Å². The first-order chi connectivity index (χ1) is 10.5. The molecular formula is C14H13N3O4S. The fourth-order valence-corrected chi connectivity index (χ4v) is 3.29. The molecule has 1 aromatic carbocycles. The van der Waals surface area contributed by atoms with Gasteiger partial charge in [0.1, 0.15) is 10.6 Å². The fraction of sp³-hybridized carbons (Fsp3) is 0.143. The maximum absolute atomic E-state index is 12.1. The molecule has 0 saturated carbocycles. The lowest BCUT2D eigenvalue weighted by Gasteiger charge is -2.28. The largest absolute Gasteiger partial charge is 0.497 e. The van der Waals surface area contributed by atoms with Crippen LogP contribution in [0, 0.1) is 0 Å². The van der Waals surface area contributed by atoms with Gasteiger partial charge in [-0.2, -0.15) is 0 Å². The Morgan fingerprint density at radius 2 is 1.95 bits per heavy atom. The maximum atomic E-state index is 12.1. The van der Waals surface area contributed by atoms with Crippen molar-refractivity contribution in [2.45, 2.75) is 11.4 Å². The van der Waals surface area contributed by atoms with Crippen molar-refractivity contribution in [1.82, 2.24) is 9.71 Å². The topological polar surface area (TPSA) is 88.6 Å². The number of benzene rings is 1. The van der Waals surface area contributed by atoms with Crippen molar-refractivity contribution in [2.75, 3.05) is 12.0 Å². The van der Waals surface area contributed by atoms with Gasteiger partial charge in [-0.15, -0.1) is 0 Å². The molecule has 3 rings (SSSR count). The molecule has 2 heterocycles. The number of nitrogens with zero attached hydrogens (tertiary/aromatic N) is 2. The van der Waals surface area contributed by atoms with E-state index < -0.39 is 16.1 Å². The van der Waals surface area contributed by atoms with E-state index in [1.54, 1.807) is 31.4 Å². The molecule has 0 aliphatic carbocycles. The second kappa shape index (κ2) is 5.30. The molecule has 22 heavy (non-hydrogen) atoms. The standard InChI is InChI=1S/C14H13N3O4S/c1-21-11-6-4-10(5-7-11)9-17-13-12(3-2-8-15-13)22(19,20)16-14(17)18/h2-8H,9H2,1H3,(H,16,18). The smallest absolute Gasteiger partial charge is 0.337 e. The second-order valence-electron chi connectivity index (χ2n) is 4.67. The van der Waals surface area contributed by atoms with Crippen LogP contribution in [0.5, 0.6) is 5.75 Å². The Hall–Kier alpha value is -2.61. The number of hydrogen-bond donors (Lipinski definition) is 1. The van der Waals surface area contributed by atoms with E-state index in [1.807, 2.05) is 4.72 Å². The van der Waals surface area contributed by atoms with E-state index in [4.69, 9.17) is 4.74 Å². The van der Waals surface area contributed by atoms with E-state index in [-0.39, 0.29) is 17.3 Å². The summed E-state index contributed by atoms with van der Waals surface area (Å²) < 4.78 is 31.0. The Morgan fingerprint density at radius 1 is 1.23 bits per heavy atom. The van der Waals surface area contributed by atoms with Gasteiger partial charge in [0.05, 0.1) is 13.7 Å². The molecule has 0 saturated heterocycles. The van der Waals surface area contributed by atoms with E-state index >= 15 is 0 Å².